The summed E-state index contributed by atoms with van der Waals surface area (Å²) in [5, 5.41) is 0.610. The zero-order valence-corrected chi connectivity index (χ0v) is 9.50. The van der Waals surface area contributed by atoms with Crippen LogP contribution in [0.1, 0.15) is 6.42 Å². The Morgan fingerprint density at radius 1 is 1.53 bits per heavy atom. The van der Waals surface area contributed by atoms with Crippen molar-refractivity contribution in [1.29, 1.82) is 0 Å². The number of rotatable bonds is 2. The molecule has 1 aliphatic rings. The molecule has 15 heavy (non-hydrogen) atoms. The molecule has 1 unspecified atom stereocenters. The fraction of sp³-hybridized carbons (Fsp3) is 0.455. The summed E-state index contributed by atoms with van der Waals surface area (Å²) in [6.45, 7) is 1.60. The molecule has 2 N–H and O–H groups in total. The minimum Gasteiger partial charge on any atom is -0.396 e. The van der Waals surface area contributed by atoms with Crippen LogP contribution in [-0.4, -0.2) is 26.3 Å². The first-order valence-electron chi connectivity index (χ1n) is 5.04. The normalized spacial score (nSPS) is 20.5. The number of likely N-dealkylation sites (N-methyl/N-ethyl adjacent to an activating group) is 1. The second kappa shape index (κ2) is 4.29. The Kier molecular flexibility index (Phi) is 3.03. The van der Waals surface area contributed by atoms with E-state index in [-0.39, 0.29) is 0 Å². The predicted octanol–water partition coefficient (Wildman–Crippen LogP) is 2.15. The summed E-state index contributed by atoms with van der Waals surface area (Å²) < 4.78 is 5.35. The Balaban J connectivity index is 2.24. The van der Waals surface area contributed by atoms with Crippen LogP contribution in [0.4, 0.5) is 11.4 Å². The summed E-state index contributed by atoms with van der Waals surface area (Å²) in [5.41, 5.74) is 7.57. The highest BCUT2D eigenvalue weighted by Crippen LogP contribution is 2.31. The molecule has 0 spiro atoms. The first-order chi connectivity index (χ1) is 7.20. The minimum atomic E-state index is 0.408. The Bertz CT molecular complexity index is 350. The molecule has 0 amide bonds. The third-order valence-electron chi connectivity index (χ3n) is 2.86. The lowest BCUT2D eigenvalue weighted by molar-refractivity contribution is 0.193. The lowest BCUT2D eigenvalue weighted by atomic mass is 10.2. The van der Waals surface area contributed by atoms with Gasteiger partial charge >= 0.3 is 0 Å². The summed E-state index contributed by atoms with van der Waals surface area (Å²) in [4.78, 5) is 2.15. The Morgan fingerprint density at radius 2 is 2.33 bits per heavy atom. The second-order valence-corrected chi connectivity index (χ2v) is 4.21. The van der Waals surface area contributed by atoms with Crippen LogP contribution in [-0.2, 0) is 4.74 Å². The number of nitrogens with two attached hydrogens (primary N) is 1. The van der Waals surface area contributed by atoms with E-state index in [4.69, 9.17) is 22.1 Å². The van der Waals surface area contributed by atoms with Gasteiger partial charge in [-0.2, -0.15) is 0 Å². The van der Waals surface area contributed by atoms with Crippen molar-refractivity contribution < 1.29 is 4.74 Å². The average molecular weight is 227 g/mol. The standard InChI is InChI=1S/C11H15ClN2O/c1-14(8-5-6-15-7-8)10-4-2-3-9(12)11(10)13/h2-4,8H,5-7,13H2,1H3. The van der Waals surface area contributed by atoms with Gasteiger partial charge in [0.05, 0.1) is 29.0 Å². The number of ether oxygens (including phenoxy) is 1. The van der Waals surface area contributed by atoms with Gasteiger partial charge in [0.15, 0.2) is 0 Å². The van der Waals surface area contributed by atoms with Crippen molar-refractivity contribution >= 4 is 23.0 Å². The number of hydrogen-bond acceptors (Lipinski definition) is 3. The van der Waals surface area contributed by atoms with Gasteiger partial charge in [-0.15, -0.1) is 0 Å². The van der Waals surface area contributed by atoms with E-state index < -0.39 is 0 Å². The van der Waals surface area contributed by atoms with Crippen molar-refractivity contribution in [2.24, 2.45) is 0 Å². The van der Waals surface area contributed by atoms with Gasteiger partial charge < -0.3 is 15.4 Å². The van der Waals surface area contributed by atoms with Gasteiger partial charge in [-0.3, -0.25) is 0 Å². The minimum absolute atomic E-state index is 0.408. The molecular formula is C11H15ClN2O. The van der Waals surface area contributed by atoms with Gasteiger partial charge in [-0.25, -0.2) is 0 Å². The van der Waals surface area contributed by atoms with Crippen LogP contribution in [0.15, 0.2) is 18.2 Å². The van der Waals surface area contributed by atoms with E-state index in [0.717, 1.165) is 25.3 Å². The van der Waals surface area contributed by atoms with Crippen molar-refractivity contribution in [1.82, 2.24) is 0 Å². The van der Waals surface area contributed by atoms with Crippen molar-refractivity contribution in [3.05, 3.63) is 23.2 Å². The second-order valence-electron chi connectivity index (χ2n) is 3.80. The van der Waals surface area contributed by atoms with E-state index in [9.17, 15) is 0 Å². The monoisotopic (exact) mass is 226 g/mol. The molecule has 82 valence electrons. The van der Waals surface area contributed by atoms with Crippen LogP contribution in [0.3, 0.4) is 0 Å². The molecule has 1 aromatic rings. The summed E-state index contributed by atoms with van der Waals surface area (Å²) in [5.74, 6) is 0. The summed E-state index contributed by atoms with van der Waals surface area (Å²) in [7, 11) is 2.03. The zero-order valence-electron chi connectivity index (χ0n) is 8.74. The fourth-order valence-corrected chi connectivity index (χ4v) is 2.03. The van der Waals surface area contributed by atoms with Crippen molar-refractivity contribution in [3.63, 3.8) is 0 Å². The number of para-hydroxylation sites is 1. The quantitative estimate of drug-likeness (QED) is 0.786. The molecule has 1 atom stereocenters. The number of benzene rings is 1. The molecule has 1 aliphatic heterocycles. The maximum atomic E-state index is 5.98. The first-order valence-corrected chi connectivity index (χ1v) is 5.42. The van der Waals surface area contributed by atoms with Crippen molar-refractivity contribution in [2.75, 3.05) is 30.9 Å². The van der Waals surface area contributed by atoms with Crippen LogP contribution >= 0.6 is 11.6 Å². The van der Waals surface area contributed by atoms with E-state index in [1.54, 1.807) is 6.07 Å². The average Bonchev–Trinajstić information content (AvgIpc) is 2.74. The summed E-state index contributed by atoms with van der Waals surface area (Å²) >= 11 is 5.98. The summed E-state index contributed by atoms with van der Waals surface area (Å²) in [6, 6.07) is 6.12. The Labute approximate surface area is 94.8 Å². The molecule has 0 aliphatic carbocycles. The van der Waals surface area contributed by atoms with Crippen molar-refractivity contribution in [2.45, 2.75) is 12.5 Å². The highest BCUT2D eigenvalue weighted by atomic mass is 35.5. The van der Waals surface area contributed by atoms with Crippen LogP contribution in [0.25, 0.3) is 0 Å². The summed E-state index contributed by atoms with van der Waals surface area (Å²) in [6.07, 6.45) is 1.04. The first kappa shape index (κ1) is 10.6. The van der Waals surface area contributed by atoms with Crippen LogP contribution in [0.5, 0.6) is 0 Å². The molecule has 0 saturated carbocycles. The Morgan fingerprint density at radius 3 is 3.00 bits per heavy atom. The van der Waals surface area contributed by atoms with E-state index in [0.29, 0.717) is 16.8 Å². The zero-order chi connectivity index (χ0) is 10.8. The number of hydrogen-bond donors (Lipinski definition) is 1. The van der Waals surface area contributed by atoms with Crippen LogP contribution in [0.2, 0.25) is 5.02 Å². The molecule has 2 rings (SSSR count). The maximum Gasteiger partial charge on any atom is 0.0741 e. The topological polar surface area (TPSA) is 38.5 Å². The lowest BCUT2D eigenvalue weighted by Gasteiger charge is -2.26. The van der Waals surface area contributed by atoms with Crippen LogP contribution in [0, 0.1) is 0 Å². The number of nitrogen functional groups attached to an aromatic ring is 1. The van der Waals surface area contributed by atoms with E-state index in [2.05, 4.69) is 4.90 Å². The van der Waals surface area contributed by atoms with Gasteiger partial charge in [-0.05, 0) is 18.6 Å². The van der Waals surface area contributed by atoms with Gasteiger partial charge in [-0.1, -0.05) is 17.7 Å². The third kappa shape index (κ3) is 2.03. The fourth-order valence-electron chi connectivity index (χ4n) is 1.86. The molecule has 1 saturated heterocycles. The smallest absolute Gasteiger partial charge is 0.0741 e. The Hall–Kier alpha value is -0.930. The molecular weight excluding hydrogens is 212 g/mol. The van der Waals surface area contributed by atoms with E-state index >= 15 is 0 Å². The van der Waals surface area contributed by atoms with Gasteiger partial charge in [0.25, 0.3) is 0 Å². The number of nitrogens with zero attached hydrogens (tertiary/aromatic N) is 1. The van der Waals surface area contributed by atoms with E-state index in [1.165, 1.54) is 0 Å². The van der Waals surface area contributed by atoms with Gasteiger partial charge in [0.2, 0.25) is 0 Å². The molecule has 0 bridgehead atoms. The highest BCUT2D eigenvalue weighted by molar-refractivity contribution is 6.33. The molecule has 3 nitrogen and oxygen atoms in total. The largest absolute Gasteiger partial charge is 0.396 e. The SMILES string of the molecule is CN(c1cccc(Cl)c1N)C1CCOC1. The van der Waals surface area contributed by atoms with Gasteiger partial charge in [0.1, 0.15) is 0 Å². The molecule has 4 heteroatoms. The highest BCUT2D eigenvalue weighted by Gasteiger charge is 2.22. The molecule has 1 fully saturated rings. The molecule has 1 heterocycles. The van der Waals surface area contributed by atoms with Crippen molar-refractivity contribution in [3.8, 4) is 0 Å². The number of halogens is 1. The molecule has 0 radical (unpaired) electrons. The predicted molar refractivity (Wildman–Crippen MR) is 63.5 cm³/mol. The maximum absolute atomic E-state index is 5.98. The molecule has 1 aromatic carbocycles. The third-order valence-corrected chi connectivity index (χ3v) is 3.19. The van der Waals surface area contributed by atoms with Gasteiger partial charge in [0, 0.05) is 13.7 Å². The van der Waals surface area contributed by atoms with E-state index in [1.807, 2.05) is 19.2 Å². The molecule has 0 aromatic heterocycles. The van der Waals surface area contributed by atoms with Crippen LogP contribution < -0.4 is 10.6 Å². The number of anilines is 2. The lowest BCUT2D eigenvalue weighted by Crippen LogP contribution is -2.32.